The molecule has 0 bridgehead atoms. The molecule has 1 aromatic rings. The number of sulfone groups is 1. The lowest BCUT2D eigenvalue weighted by Gasteiger charge is -2.27. The van der Waals surface area contributed by atoms with E-state index in [0.717, 1.165) is 31.4 Å². The SMILES string of the molecule is CCCCCNC(CF)C(OP(=O)(O)O)c1ccc(S(=O)(=O)CF)cc1. The number of phosphoric acid groups is 1. The Kier molecular flexibility index (Phi) is 9.29. The first kappa shape index (κ1) is 23.1. The molecule has 7 nitrogen and oxygen atoms in total. The number of alkyl halides is 2. The van der Waals surface area contributed by atoms with Gasteiger partial charge in [-0.2, -0.15) is 0 Å². The predicted molar refractivity (Wildman–Crippen MR) is 92.8 cm³/mol. The highest BCUT2D eigenvalue weighted by Gasteiger charge is 2.31. The number of halogens is 2. The summed E-state index contributed by atoms with van der Waals surface area (Å²) < 4.78 is 65.0. The Hall–Kier alpha value is -0.900. The van der Waals surface area contributed by atoms with Crippen LogP contribution in [0, 0.1) is 0 Å². The van der Waals surface area contributed by atoms with Gasteiger partial charge in [0.2, 0.25) is 9.84 Å². The fraction of sp³-hybridized carbons (Fsp3) is 0.600. The van der Waals surface area contributed by atoms with Gasteiger partial charge >= 0.3 is 7.82 Å². The third-order valence-corrected chi connectivity index (χ3v) is 5.46. The van der Waals surface area contributed by atoms with Crippen molar-refractivity contribution in [2.75, 3.05) is 19.2 Å². The fourth-order valence-corrected chi connectivity index (χ4v) is 3.59. The topological polar surface area (TPSA) is 113 Å². The van der Waals surface area contributed by atoms with Crippen LogP contribution in [0.15, 0.2) is 29.2 Å². The summed E-state index contributed by atoms with van der Waals surface area (Å²) in [5.41, 5.74) is 0.164. The second-order valence-corrected chi connectivity index (χ2v) is 8.84. The van der Waals surface area contributed by atoms with Gasteiger partial charge in [0.1, 0.15) is 12.8 Å². The first-order chi connectivity index (χ1) is 12.1. The summed E-state index contributed by atoms with van der Waals surface area (Å²) in [4.78, 5) is 18.0. The fourth-order valence-electron chi connectivity index (χ4n) is 2.35. The van der Waals surface area contributed by atoms with Crippen molar-refractivity contribution in [3.8, 4) is 0 Å². The van der Waals surface area contributed by atoms with Crippen LogP contribution in [0.3, 0.4) is 0 Å². The quantitative estimate of drug-likeness (QED) is 0.355. The van der Waals surface area contributed by atoms with Crippen molar-refractivity contribution in [2.24, 2.45) is 0 Å². The number of phosphoric ester groups is 1. The van der Waals surface area contributed by atoms with Crippen LogP contribution in [-0.2, 0) is 18.9 Å². The van der Waals surface area contributed by atoms with E-state index in [-0.39, 0.29) is 10.5 Å². The molecule has 3 N–H and O–H groups in total. The average molecular weight is 415 g/mol. The van der Waals surface area contributed by atoms with Gasteiger partial charge in [-0.05, 0) is 30.7 Å². The molecule has 26 heavy (non-hydrogen) atoms. The van der Waals surface area contributed by atoms with Crippen LogP contribution in [0.25, 0.3) is 0 Å². The molecule has 150 valence electrons. The Morgan fingerprint density at radius 1 is 1.19 bits per heavy atom. The number of rotatable bonds is 12. The summed E-state index contributed by atoms with van der Waals surface area (Å²) in [7, 11) is -9.01. The van der Waals surface area contributed by atoms with E-state index in [1.54, 1.807) is 0 Å². The number of unbranched alkanes of at least 4 members (excludes halogenated alkanes) is 2. The molecule has 11 heteroatoms. The first-order valence-electron chi connectivity index (χ1n) is 8.06. The monoisotopic (exact) mass is 415 g/mol. The van der Waals surface area contributed by atoms with Gasteiger partial charge in [0, 0.05) is 0 Å². The summed E-state index contributed by atoms with van der Waals surface area (Å²) in [6, 6.07) is 2.02. The second kappa shape index (κ2) is 10.4. The minimum atomic E-state index is -4.93. The molecular formula is C15H24F2NO6PS. The molecule has 0 aliphatic heterocycles. The van der Waals surface area contributed by atoms with Crippen LogP contribution in [0.2, 0.25) is 0 Å². The van der Waals surface area contributed by atoms with E-state index in [1.807, 2.05) is 6.92 Å². The lowest BCUT2D eigenvalue weighted by molar-refractivity contribution is 0.0923. The van der Waals surface area contributed by atoms with E-state index in [0.29, 0.717) is 6.54 Å². The molecule has 1 aromatic carbocycles. The number of nitrogens with one attached hydrogen (secondary N) is 1. The van der Waals surface area contributed by atoms with Gasteiger partial charge in [0.25, 0.3) is 0 Å². The highest BCUT2D eigenvalue weighted by Crippen LogP contribution is 2.43. The van der Waals surface area contributed by atoms with Crippen molar-refractivity contribution < 1.29 is 36.1 Å². The van der Waals surface area contributed by atoms with E-state index in [4.69, 9.17) is 14.3 Å². The van der Waals surface area contributed by atoms with Gasteiger partial charge in [0.15, 0.2) is 6.01 Å². The summed E-state index contributed by atoms with van der Waals surface area (Å²) in [6.07, 6.45) is 1.27. The molecule has 0 saturated carbocycles. The Bertz CT molecular complexity index is 695. The molecule has 1 rings (SSSR count). The molecule has 0 aliphatic rings. The Labute approximate surface area is 151 Å². The van der Waals surface area contributed by atoms with Gasteiger partial charge in [-0.1, -0.05) is 31.9 Å². The van der Waals surface area contributed by atoms with Crippen molar-refractivity contribution in [3.63, 3.8) is 0 Å². The standard InChI is InChI=1S/C15H24F2NO6PS/c1-2-3-4-9-18-14(10-16)15(24-25(19,20)21)12-5-7-13(8-6-12)26(22,23)11-17/h5-8,14-15,18H,2-4,9-11H2,1H3,(H2,19,20,21). The number of benzene rings is 1. The molecular weight excluding hydrogens is 391 g/mol. The largest absolute Gasteiger partial charge is 0.470 e. The first-order valence-corrected chi connectivity index (χ1v) is 11.2. The Morgan fingerprint density at radius 2 is 1.81 bits per heavy atom. The summed E-state index contributed by atoms with van der Waals surface area (Å²) in [5.74, 6) is 0. The van der Waals surface area contributed by atoms with Crippen LogP contribution < -0.4 is 5.32 Å². The van der Waals surface area contributed by atoms with Crippen LogP contribution in [-0.4, -0.2) is 43.5 Å². The maximum Gasteiger partial charge on any atom is 0.470 e. The second-order valence-electron chi connectivity index (χ2n) is 5.73. The molecule has 0 fully saturated rings. The summed E-state index contributed by atoms with van der Waals surface area (Å²) in [6.45, 7) is 1.47. The van der Waals surface area contributed by atoms with Gasteiger partial charge in [-0.15, -0.1) is 0 Å². The average Bonchev–Trinajstić information content (AvgIpc) is 2.59. The van der Waals surface area contributed by atoms with Crippen molar-refractivity contribution in [3.05, 3.63) is 29.8 Å². The third kappa shape index (κ3) is 7.38. The molecule has 0 spiro atoms. The maximum atomic E-state index is 13.5. The van der Waals surface area contributed by atoms with Crippen molar-refractivity contribution in [1.82, 2.24) is 5.32 Å². The minimum Gasteiger partial charge on any atom is -0.309 e. The van der Waals surface area contributed by atoms with Crippen LogP contribution in [0.4, 0.5) is 8.78 Å². The van der Waals surface area contributed by atoms with Gasteiger partial charge in [0.05, 0.1) is 10.9 Å². The molecule has 0 aromatic heterocycles. The normalized spacial score (nSPS) is 15.0. The van der Waals surface area contributed by atoms with Crippen molar-refractivity contribution in [1.29, 1.82) is 0 Å². The van der Waals surface area contributed by atoms with Gasteiger partial charge in [-0.25, -0.2) is 21.8 Å². The van der Waals surface area contributed by atoms with E-state index in [1.165, 1.54) is 12.1 Å². The Balaban J connectivity index is 3.06. The van der Waals surface area contributed by atoms with Crippen LogP contribution in [0.5, 0.6) is 0 Å². The Morgan fingerprint density at radius 3 is 2.27 bits per heavy atom. The van der Waals surface area contributed by atoms with Crippen molar-refractivity contribution in [2.45, 2.75) is 43.2 Å². The smallest absolute Gasteiger partial charge is 0.309 e. The van der Waals surface area contributed by atoms with E-state index in [9.17, 15) is 21.8 Å². The zero-order valence-corrected chi connectivity index (χ0v) is 16.1. The predicted octanol–water partition coefficient (Wildman–Crippen LogP) is 2.66. The number of hydrogen-bond acceptors (Lipinski definition) is 5. The lowest BCUT2D eigenvalue weighted by Crippen LogP contribution is -2.38. The van der Waals surface area contributed by atoms with Crippen LogP contribution >= 0.6 is 7.82 Å². The molecule has 0 radical (unpaired) electrons. The van der Waals surface area contributed by atoms with Gasteiger partial charge in [-0.3, -0.25) is 4.52 Å². The maximum absolute atomic E-state index is 13.5. The molecule has 2 unspecified atom stereocenters. The van der Waals surface area contributed by atoms with Gasteiger partial charge < -0.3 is 15.1 Å². The molecule has 0 heterocycles. The molecule has 0 saturated heterocycles. The van der Waals surface area contributed by atoms with Crippen LogP contribution in [0.1, 0.15) is 37.9 Å². The summed E-state index contributed by atoms with van der Waals surface area (Å²) >= 11 is 0. The summed E-state index contributed by atoms with van der Waals surface area (Å²) in [5, 5.41) is 2.86. The lowest BCUT2D eigenvalue weighted by atomic mass is 10.0. The third-order valence-electron chi connectivity index (χ3n) is 3.68. The van der Waals surface area contributed by atoms with Crippen molar-refractivity contribution >= 4 is 17.7 Å². The number of hydrogen-bond donors (Lipinski definition) is 3. The van der Waals surface area contributed by atoms with E-state index >= 15 is 0 Å². The zero-order valence-electron chi connectivity index (χ0n) is 14.3. The minimum absolute atomic E-state index is 0.164. The van der Waals surface area contributed by atoms with E-state index in [2.05, 4.69) is 5.32 Å². The highest BCUT2D eigenvalue weighted by molar-refractivity contribution is 7.91. The highest BCUT2D eigenvalue weighted by atomic mass is 32.2. The van der Waals surface area contributed by atoms with E-state index < -0.39 is 42.5 Å². The zero-order chi connectivity index (χ0) is 19.8. The molecule has 0 aliphatic carbocycles. The molecule has 0 amide bonds. The molecule has 2 atom stereocenters.